The zero-order valence-corrected chi connectivity index (χ0v) is 19.5. The Morgan fingerprint density at radius 1 is 0.871 bits per heavy atom. The number of aromatic nitrogens is 2. The van der Waals surface area contributed by atoms with Crippen molar-refractivity contribution in [2.75, 3.05) is 31.1 Å². The van der Waals surface area contributed by atoms with Gasteiger partial charge in [-0.3, -0.25) is 0 Å². The van der Waals surface area contributed by atoms with Crippen molar-refractivity contribution >= 4 is 16.0 Å². The number of hydrogen-bond donors (Lipinski definition) is 0. The summed E-state index contributed by atoms with van der Waals surface area (Å²) in [6.45, 7) is 11.7. The molecule has 164 valence electrons. The van der Waals surface area contributed by atoms with Gasteiger partial charge < -0.3 is 9.32 Å². The minimum Gasteiger partial charge on any atom is -0.463 e. The molecule has 0 aliphatic carbocycles. The van der Waals surface area contributed by atoms with E-state index in [0.29, 0.717) is 48.5 Å². The van der Waals surface area contributed by atoms with E-state index in [1.165, 1.54) is 0 Å². The Morgan fingerprint density at radius 2 is 1.48 bits per heavy atom. The average Bonchev–Trinajstić information content (AvgIpc) is 3.31. The highest BCUT2D eigenvalue weighted by molar-refractivity contribution is 7.89. The van der Waals surface area contributed by atoms with Gasteiger partial charge in [-0.05, 0) is 80.6 Å². The highest BCUT2D eigenvalue weighted by Gasteiger charge is 2.33. The van der Waals surface area contributed by atoms with Crippen LogP contribution in [-0.2, 0) is 10.0 Å². The predicted octanol–water partition coefficient (Wildman–Crippen LogP) is 3.79. The molecule has 0 radical (unpaired) electrons. The van der Waals surface area contributed by atoms with Crippen molar-refractivity contribution in [3.63, 3.8) is 0 Å². The standard InChI is InChI=1S/C23H28N4O3S/c1-15-16(2)18(4)22(19(5)17(15)3)31(28,29)27-12-10-26(11-13-27)23-24-9-8-20(25-23)21-7-6-14-30-21/h6-9,14H,10-13H2,1-5H3. The highest BCUT2D eigenvalue weighted by atomic mass is 32.2. The number of piperazine rings is 1. The van der Waals surface area contributed by atoms with Crippen molar-refractivity contribution < 1.29 is 12.8 Å². The monoisotopic (exact) mass is 440 g/mol. The lowest BCUT2D eigenvalue weighted by atomic mass is 9.95. The minimum atomic E-state index is -3.58. The van der Waals surface area contributed by atoms with Crippen LogP contribution in [0.3, 0.4) is 0 Å². The molecule has 0 spiro atoms. The number of benzene rings is 1. The molecule has 0 N–H and O–H groups in total. The van der Waals surface area contributed by atoms with Gasteiger partial charge in [-0.2, -0.15) is 4.31 Å². The van der Waals surface area contributed by atoms with E-state index in [1.807, 2.05) is 44.7 Å². The maximum atomic E-state index is 13.6. The smallest absolute Gasteiger partial charge is 0.243 e. The first kappa shape index (κ1) is 21.5. The second-order valence-corrected chi connectivity index (χ2v) is 9.94. The molecule has 1 aliphatic rings. The van der Waals surface area contributed by atoms with Gasteiger partial charge in [-0.15, -0.1) is 0 Å². The Kier molecular flexibility index (Phi) is 5.61. The van der Waals surface area contributed by atoms with E-state index < -0.39 is 10.0 Å². The van der Waals surface area contributed by atoms with Crippen LogP contribution in [0.15, 0.2) is 40.0 Å². The highest BCUT2D eigenvalue weighted by Crippen LogP contribution is 2.32. The molecule has 0 unspecified atom stereocenters. The van der Waals surface area contributed by atoms with Crippen molar-refractivity contribution in [1.82, 2.24) is 14.3 Å². The van der Waals surface area contributed by atoms with Crippen LogP contribution in [0.5, 0.6) is 0 Å². The lowest BCUT2D eigenvalue weighted by molar-refractivity contribution is 0.382. The van der Waals surface area contributed by atoms with Gasteiger partial charge in [0.05, 0.1) is 11.2 Å². The lowest BCUT2D eigenvalue weighted by Crippen LogP contribution is -2.49. The Labute approximate surface area is 183 Å². The summed E-state index contributed by atoms with van der Waals surface area (Å²) in [7, 11) is -3.58. The number of sulfonamides is 1. The maximum absolute atomic E-state index is 13.6. The summed E-state index contributed by atoms with van der Waals surface area (Å²) in [6.07, 6.45) is 3.31. The maximum Gasteiger partial charge on any atom is 0.243 e. The zero-order valence-electron chi connectivity index (χ0n) is 18.6. The molecule has 1 aromatic carbocycles. The van der Waals surface area contributed by atoms with Crippen LogP contribution >= 0.6 is 0 Å². The molecule has 1 fully saturated rings. The van der Waals surface area contributed by atoms with Gasteiger partial charge in [0.1, 0.15) is 5.69 Å². The van der Waals surface area contributed by atoms with Crippen molar-refractivity contribution in [3.05, 3.63) is 58.5 Å². The molecule has 1 saturated heterocycles. The first-order valence-electron chi connectivity index (χ1n) is 10.4. The summed E-state index contributed by atoms with van der Waals surface area (Å²) in [6, 6.07) is 5.47. The number of furan rings is 1. The van der Waals surface area contributed by atoms with Crippen LogP contribution in [0.1, 0.15) is 27.8 Å². The summed E-state index contributed by atoms with van der Waals surface area (Å²) < 4.78 is 34.1. The van der Waals surface area contributed by atoms with E-state index in [9.17, 15) is 8.42 Å². The molecule has 7 nitrogen and oxygen atoms in total. The van der Waals surface area contributed by atoms with Gasteiger partial charge in [0, 0.05) is 32.4 Å². The Bertz CT molecular complexity index is 1180. The van der Waals surface area contributed by atoms with Crippen LogP contribution in [0, 0.1) is 34.6 Å². The quantitative estimate of drug-likeness (QED) is 0.614. The van der Waals surface area contributed by atoms with E-state index in [-0.39, 0.29) is 0 Å². The average molecular weight is 441 g/mol. The molecule has 0 amide bonds. The SMILES string of the molecule is Cc1c(C)c(C)c(S(=O)(=O)N2CCN(c3nccc(-c4ccco4)n3)CC2)c(C)c1C. The van der Waals surface area contributed by atoms with E-state index in [2.05, 4.69) is 16.9 Å². The molecule has 4 rings (SSSR count). The molecule has 3 aromatic rings. The van der Waals surface area contributed by atoms with E-state index in [4.69, 9.17) is 4.42 Å². The predicted molar refractivity (Wildman–Crippen MR) is 121 cm³/mol. The van der Waals surface area contributed by atoms with Crippen LogP contribution in [0.4, 0.5) is 5.95 Å². The lowest BCUT2D eigenvalue weighted by Gasteiger charge is -2.35. The molecule has 8 heteroatoms. The first-order chi connectivity index (χ1) is 14.7. The van der Waals surface area contributed by atoms with Gasteiger partial charge in [-0.1, -0.05) is 0 Å². The summed E-state index contributed by atoms with van der Waals surface area (Å²) in [5, 5.41) is 0. The number of hydrogen-bond acceptors (Lipinski definition) is 6. The number of nitrogens with zero attached hydrogens (tertiary/aromatic N) is 4. The second-order valence-electron chi connectivity index (χ2n) is 8.06. The molecule has 0 bridgehead atoms. The van der Waals surface area contributed by atoms with Crippen molar-refractivity contribution in [3.8, 4) is 11.5 Å². The molecule has 0 saturated carbocycles. The first-order valence-corrected chi connectivity index (χ1v) is 11.8. The summed E-state index contributed by atoms with van der Waals surface area (Å²) >= 11 is 0. The van der Waals surface area contributed by atoms with E-state index in [1.54, 1.807) is 22.8 Å². The molecule has 3 heterocycles. The van der Waals surface area contributed by atoms with Crippen molar-refractivity contribution in [1.29, 1.82) is 0 Å². The largest absolute Gasteiger partial charge is 0.463 e. The van der Waals surface area contributed by atoms with Crippen molar-refractivity contribution in [2.24, 2.45) is 0 Å². The fraction of sp³-hybridized carbons (Fsp3) is 0.391. The van der Waals surface area contributed by atoms with Crippen LogP contribution < -0.4 is 4.90 Å². The third-order valence-electron chi connectivity index (χ3n) is 6.47. The molecule has 1 aliphatic heterocycles. The van der Waals surface area contributed by atoms with E-state index >= 15 is 0 Å². The van der Waals surface area contributed by atoms with Gasteiger partial charge >= 0.3 is 0 Å². The Balaban J connectivity index is 1.57. The van der Waals surface area contributed by atoms with Crippen LogP contribution in [0.2, 0.25) is 0 Å². The number of rotatable bonds is 4. The topological polar surface area (TPSA) is 79.5 Å². The molecule has 31 heavy (non-hydrogen) atoms. The molecular formula is C23H28N4O3S. The Hall–Kier alpha value is -2.71. The third-order valence-corrected chi connectivity index (χ3v) is 8.64. The van der Waals surface area contributed by atoms with Crippen molar-refractivity contribution in [2.45, 2.75) is 39.5 Å². The fourth-order valence-electron chi connectivity index (χ4n) is 4.17. The normalized spacial score (nSPS) is 15.5. The Morgan fingerprint density at radius 3 is 2.06 bits per heavy atom. The van der Waals surface area contributed by atoms with Crippen LogP contribution in [0.25, 0.3) is 11.5 Å². The summed E-state index contributed by atoms with van der Waals surface area (Å²) in [5.41, 5.74) is 5.65. The van der Waals surface area contributed by atoms with Crippen LogP contribution in [-0.4, -0.2) is 48.9 Å². The summed E-state index contributed by atoms with van der Waals surface area (Å²) in [4.78, 5) is 11.5. The van der Waals surface area contributed by atoms with Gasteiger partial charge in [0.2, 0.25) is 16.0 Å². The molecule has 2 aromatic heterocycles. The van der Waals surface area contributed by atoms with Gasteiger partial charge in [-0.25, -0.2) is 18.4 Å². The van der Waals surface area contributed by atoms with Gasteiger partial charge in [0.25, 0.3) is 0 Å². The van der Waals surface area contributed by atoms with E-state index in [0.717, 1.165) is 27.8 Å². The second kappa shape index (κ2) is 8.09. The third kappa shape index (κ3) is 3.74. The minimum absolute atomic E-state index is 0.390. The fourth-order valence-corrected chi connectivity index (χ4v) is 6.15. The molecule has 0 atom stereocenters. The summed E-state index contributed by atoms with van der Waals surface area (Å²) in [5.74, 6) is 1.27. The van der Waals surface area contributed by atoms with Gasteiger partial charge in [0.15, 0.2) is 5.76 Å². The molecular weight excluding hydrogens is 412 g/mol. The zero-order chi connectivity index (χ0) is 22.3. The number of anilines is 1.